The molecule has 0 aromatic carbocycles. The molecule has 0 rings (SSSR count). The van der Waals surface area contributed by atoms with E-state index in [2.05, 4.69) is 41.5 Å². The van der Waals surface area contributed by atoms with Crippen LogP contribution in [0.5, 0.6) is 0 Å². The van der Waals surface area contributed by atoms with E-state index in [0.717, 1.165) is 115 Å². The quantitative estimate of drug-likeness (QED) is 0.0222. The Hall–Kier alpha value is -1.94. The largest absolute Gasteiger partial charge is 0.472 e. The van der Waals surface area contributed by atoms with Gasteiger partial charge in [0.25, 0.3) is 0 Å². The zero-order valence-corrected chi connectivity index (χ0v) is 59.5. The van der Waals surface area contributed by atoms with E-state index in [1.807, 2.05) is 0 Å². The van der Waals surface area contributed by atoms with E-state index in [-0.39, 0.29) is 25.7 Å². The molecule has 0 bridgehead atoms. The molecule has 0 radical (unpaired) electrons. The van der Waals surface area contributed by atoms with Crippen molar-refractivity contribution in [2.75, 3.05) is 39.6 Å². The molecule has 0 aromatic rings. The second-order valence-corrected chi connectivity index (χ2v) is 29.1. The zero-order valence-electron chi connectivity index (χ0n) is 57.7. The Morgan fingerprint density at radius 1 is 0.303 bits per heavy atom. The van der Waals surface area contributed by atoms with Gasteiger partial charge in [-0.1, -0.05) is 305 Å². The monoisotopic (exact) mass is 1310 g/mol. The van der Waals surface area contributed by atoms with E-state index in [1.54, 1.807) is 0 Å². The molecular formula is C70H136O17P2. The van der Waals surface area contributed by atoms with Gasteiger partial charge in [0, 0.05) is 25.7 Å². The first-order chi connectivity index (χ1) is 42.9. The van der Waals surface area contributed by atoms with Crippen molar-refractivity contribution in [2.45, 2.75) is 374 Å². The molecule has 17 nitrogen and oxygen atoms in total. The van der Waals surface area contributed by atoms with Gasteiger partial charge in [-0.3, -0.25) is 37.3 Å². The average Bonchev–Trinajstić information content (AvgIpc) is 3.54. The molecule has 0 fully saturated rings. The molecule has 0 aliphatic heterocycles. The number of ether oxygens (including phenoxy) is 4. The summed E-state index contributed by atoms with van der Waals surface area (Å²) in [5, 5.41) is 10.6. The molecule has 89 heavy (non-hydrogen) atoms. The molecule has 0 saturated heterocycles. The van der Waals surface area contributed by atoms with Gasteiger partial charge in [0.2, 0.25) is 0 Å². The van der Waals surface area contributed by atoms with Gasteiger partial charge in [0.1, 0.15) is 19.3 Å². The SMILES string of the molecule is CCCCCCCCCCCCCCCCCCCCC(=O)O[C@H](COC(=O)CCCCCCCCCCCCC(C)C)COP(=O)(O)OC[C@@H](O)COP(=O)(O)OC[C@@H](COC(=O)CCCCCCCCC)OC(=O)CCCCCCCCCCC(C)C. The lowest BCUT2D eigenvalue weighted by molar-refractivity contribution is -0.161. The smallest absolute Gasteiger partial charge is 0.462 e. The minimum Gasteiger partial charge on any atom is -0.462 e. The summed E-state index contributed by atoms with van der Waals surface area (Å²) in [6.07, 6.45) is 47.4. The van der Waals surface area contributed by atoms with Crippen molar-refractivity contribution < 1.29 is 80.2 Å². The van der Waals surface area contributed by atoms with Gasteiger partial charge in [0.15, 0.2) is 12.2 Å². The molecule has 19 heteroatoms. The Morgan fingerprint density at radius 2 is 0.517 bits per heavy atom. The van der Waals surface area contributed by atoms with Crippen LogP contribution in [0.4, 0.5) is 0 Å². The van der Waals surface area contributed by atoms with Crippen LogP contribution in [0.15, 0.2) is 0 Å². The molecular weight excluding hydrogens is 1170 g/mol. The van der Waals surface area contributed by atoms with Crippen LogP contribution >= 0.6 is 15.6 Å². The molecule has 0 saturated carbocycles. The number of phosphoric acid groups is 2. The van der Waals surface area contributed by atoms with Crippen LogP contribution < -0.4 is 0 Å². The zero-order chi connectivity index (χ0) is 65.7. The highest BCUT2D eigenvalue weighted by Crippen LogP contribution is 2.45. The standard InChI is InChI=1S/C70H136O17P2/c1-7-9-11-13-15-16-17-18-19-20-21-22-23-24-29-36-42-48-54-69(74)86-66(59-81-68(73)53-47-41-35-28-26-25-27-33-38-44-50-62(3)4)61-85-89(78,79)83-57-64(71)56-82-88(76,77)84-60-65(58-80-67(72)52-46-40-32-14-12-10-8-2)87-70(75)55-49-43-37-31-30-34-39-45-51-63(5)6/h62-66,71H,7-61H2,1-6H3,(H,76,77)(H,78,79)/t64-,65+,66+/m0/s1. The molecule has 3 N–H and O–H groups in total. The summed E-state index contributed by atoms with van der Waals surface area (Å²) >= 11 is 0. The first-order valence-electron chi connectivity index (χ1n) is 36.5. The second-order valence-electron chi connectivity index (χ2n) is 26.2. The number of phosphoric ester groups is 2. The van der Waals surface area contributed by atoms with Crippen molar-refractivity contribution in [1.29, 1.82) is 0 Å². The maximum Gasteiger partial charge on any atom is 0.472 e. The van der Waals surface area contributed by atoms with E-state index >= 15 is 0 Å². The maximum atomic E-state index is 13.0. The van der Waals surface area contributed by atoms with Gasteiger partial charge in [-0.05, 0) is 37.5 Å². The van der Waals surface area contributed by atoms with Crippen molar-refractivity contribution in [2.24, 2.45) is 11.8 Å². The average molecular weight is 1310 g/mol. The summed E-state index contributed by atoms with van der Waals surface area (Å²) in [7, 11) is -9.89. The molecule has 2 unspecified atom stereocenters. The summed E-state index contributed by atoms with van der Waals surface area (Å²) in [6, 6.07) is 0. The Bertz CT molecular complexity index is 1730. The van der Waals surface area contributed by atoms with Gasteiger partial charge in [-0.25, -0.2) is 9.13 Å². The van der Waals surface area contributed by atoms with Crippen LogP contribution in [0.1, 0.15) is 356 Å². The molecule has 0 spiro atoms. The van der Waals surface area contributed by atoms with Gasteiger partial charge < -0.3 is 33.8 Å². The van der Waals surface area contributed by atoms with E-state index in [0.29, 0.717) is 25.7 Å². The fraction of sp³-hybridized carbons (Fsp3) is 0.943. The van der Waals surface area contributed by atoms with Gasteiger partial charge in [-0.2, -0.15) is 0 Å². The Morgan fingerprint density at radius 3 is 0.764 bits per heavy atom. The van der Waals surface area contributed by atoms with Crippen LogP contribution in [0.2, 0.25) is 0 Å². The molecule has 0 amide bonds. The van der Waals surface area contributed by atoms with E-state index < -0.39 is 97.5 Å². The number of carbonyl (C=O) groups excluding carboxylic acids is 4. The van der Waals surface area contributed by atoms with Crippen LogP contribution in [-0.2, 0) is 65.4 Å². The number of hydrogen-bond donors (Lipinski definition) is 3. The van der Waals surface area contributed by atoms with E-state index in [1.165, 1.54) is 161 Å². The Balaban J connectivity index is 5.19. The number of carbonyl (C=O) groups is 4. The maximum absolute atomic E-state index is 13.0. The van der Waals surface area contributed by atoms with E-state index in [4.69, 9.17) is 37.0 Å². The molecule has 0 aliphatic rings. The summed E-state index contributed by atoms with van der Waals surface area (Å²) in [6.45, 7) is 9.46. The molecule has 5 atom stereocenters. The first kappa shape index (κ1) is 87.1. The molecule has 0 aromatic heterocycles. The number of esters is 4. The normalized spacial score (nSPS) is 14.1. The summed E-state index contributed by atoms with van der Waals surface area (Å²) in [5.74, 6) is -0.653. The van der Waals surface area contributed by atoms with Gasteiger partial charge >= 0.3 is 39.5 Å². The lowest BCUT2D eigenvalue weighted by Crippen LogP contribution is -2.30. The highest BCUT2D eigenvalue weighted by atomic mass is 31.2. The van der Waals surface area contributed by atoms with Crippen molar-refractivity contribution in [3.05, 3.63) is 0 Å². The number of hydrogen-bond acceptors (Lipinski definition) is 15. The molecule has 528 valence electrons. The number of aliphatic hydroxyl groups excluding tert-OH is 1. The highest BCUT2D eigenvalue weighted by Gasteiger charge is 2.30. The third kappa shape index (κ3) is 64.6. The van der Waals surface area contributed by atoms with Crippen molar-refractivity contribution in [1.82, 2.24) is 0 Å². The minimum absolute atomic E-state index is 0.104. The van der Waals surface area contributed by atoms with Crippen LogP contribution in [0, 0.1) is 11.8 Å². The third-order valence-corrected chi connectivity index (χ3v) is 18.1. The Labute approximate surface area is 543 Å². The molecule has 0 aliphatic carbocycles. The van der Waals surface area contributed by atoms with Gasteiger partial charge in [0.05, 0.1) is 26.4 Å². The third-order valence-electron chi connectivity index (χ3n) is 16.2. The van der Waals surface area contributed by atoms with Crippen molar-refractivity contribution in [3.63, 3.8) is 0 Å². The van der Waals surface area contributed by atoms with Crippen LogP contribution in [-0.4, -0.2) is 96.7 Å². The lowest BCUT2D eigenvalue weighted by atomic mass is 10.0. The Kier molecular flexibility index (Phi) is 60.8. The first-order valence-corrected chi connectivity index (χ1v) is 39.5. The topological polar surface area (TPSA) is 237 Å². The minimum atomic E-state index is -4.95. The number of unbranched alkanes of at least 4 members (excludes halogenated alkanes) is 39. The predicted octanol–water partition coefficient (Wildman–Crippen LogP) is 20.0. The van der Waals surface area contributed by atoms with Gasteiger partial charge in [-0.15, -0.1) is 0 Å². The predicted molar refractivity (Wildman–Crippen MR) is 358 cm³/mol. The lowest BCUT2D eigenvalue weighted by Gasteiger charge is -2.21. The fourth-order valence-electron chi connectivity index (χ4n) is 10.6. The van der Waals surface area contributed by atoms with Crippen molar-refractivity contribution in [3.8, 4) is 0 Å². The van der Waals surface area contributed by atoms with E-state index in [9.17, 15) is 43.2 Å². The second kappa shape index (κ2) is 62.2. The number of aliphatic hydroxyl groups is 1. The fourth-order valence-corrected chi connectivity index (χ4v) is 12.2. The summed E-state index contributed by atoms with van der Waals surface area (Å²) in [4.78, 5) is 72.4. The highest BCUT2D eigenvalue weighted by molar-refractivity contribution is 7.47. The summed E-state index contributed by atoms with van der Waals surface area (Å²) in [5.41, 5.74) is 0. The molecule has 0 heterocycles. The van der Waals surface area contributed by atoms with Crippen LogP contribution in [0.3, 0.4) is 0 Å². The van der Waals surface area contributed by atoms with Crippen molar-refractivity contribution >= 4 is 39.5 Å². The number of rotatable bonds is 69. The van der Waals surface area contributed by atoms with Crippen LogP contribution in [0.25, 0.3) is 0 Å². The summed E-state index contributed by atoms with van der Waals surface area (Å²) < 4.78 is 68.2.